The quantitative estimate of drug-likeness (QED) is 0.634. The molecule has 0 unspecified atom stereocenters. The molecule has 0 spiro atoms. The van der Waals surface area contributed by atoms with Gasteiger partial charge < -0.3 is 0 Å². The molecular formula is C7H8Cl3Ru. The van der Waals surface area contributed by atoms with E-state index in [1.807, 2.05) is 18.2 Å². The molecule has 0 nitrogen and oxygen atoms in total. The number of benzene rings is 1. The molecule has 0 heterocycles. The molecule has 0 amide bonds. The Hall–Kier alpha value is 0.713. The Labute approximate surface area is 84.5 Å². The summed E-state index contributed by atoms with van der Waals surface area (Å²) in [6.07, 6.45) is 0. The molecule has 0 radical (unpaired) electrons. The molecule has 11 heavy (non-hydrogen) atoms. The van der Waals surface area contributed by atoms with Crippen LogP contribution in [0.1, 0.15) is 5.56 Å². The van der Waals surface area contributed by atoms with Crippen molar-refractivity contribution in [1.29, 1.82) is 0 Å². The third-order valence-electron chi connectivity index (χ3n) is 0.940. The Bertz CT molecular complexity index is 174. The summed E-state index contributed by atoms with van der Waals surface area (Å²) in [4.78, 5) is 0. The number of halogens is 3. The predicted octanol–water partition coefficient (Wildman–Crippen LogP) is 4.06. The molecule has 0 saturated carbocycles. The molecule has 0 aliphatic heterocycles. The Morgan fingerprint density at radius 1 is 1.00 bits per heavy atom. The van der Waals surface area contributed by atoms with E-state index in [1.165, 1.54) is 5.56 Å². The summed E-state index contributed by atoms with van der Waals surface area (Å²) < 4.78 is 0. The first-order valence-electron chi connectivity index (χ1n) is 2.81. The van der Waals surface area contributed by atoms with Gasteiger partial charge in [0.15, 0.2) is 0 Å². The van der Waals surface area contributed by atoms with Gasteiger partial charge in [0, 0.05) is 0 Å². The SMILES string of the molecule is Cc1ccccc1.[Cl][Ru]([Cl])[Cl]. The maximum absolute atomic E-state index is 4.95. The van der Waals surface area contributed by atoms with E-state index in [9.17, 15) is 0 Å². The molecule has 0 aliphatic rings. The monoisotopic (exact) mass is 299 g/mol. The van der Waals surface area contributed by atoms with Crippen LogP contribution in [0.15, 0.2) is 30.3 Å². The first-order valence-corrected chi connectivity index (χ1v) is 9.53. The molecule has 0 N–H and O–H groups in total. The standard InChI is InChI=1S/C7H8.3ClH.Ru/c1-7-5-3-2-4-6-7;;;;/h2-6H,1H3;3*1H;/q;;;;+3/p-3. The second-order valence-corrected chi connectivity index (χ2v) is 9.72. The summed E-state index contributed by atoms with van der Waals surface area (Å²) >= 11 is -1.75. The van der Waals surface area contributed by atoms with Crippen LogP contribution < -0.4 is 0 Å². The van der Waals surface area contributed by atoms with Crippen LogP contribution in [-0.4, -0.2) is 0 Å². The van der Waals surface area contributed by atoms with Gasteiger partial charge in [-0.1, -0.05) is 35.9 Å². The van der Waals surface area contributed by atoms with Crippen LogP contribution in [0, 0.1) is 6.92 Å². The second kappa shape index (κ2) is 7.37. The van der Waals surface area contributed by atoms with Gasteiger partial charge in [-0.25, -0.2) is 0 Å². The topological polar surface area (TPSA) is 0 Å². The van der Waals surface area contributed by atoms with Gasteiger partial charge in [0.1, 0.15) is 0 Å². The third kappa shape index (κ3) is 10.7. The molecule has 0 saturated heterocycles. The first kappa shape index (κ1) is 11.7. The molecule has 0 atom stereocenters. The molecule has 0 fully saturated rings. The van der Waals surface area contributed by atoms with Crippen molar-refractivity contribution < 1.29 is 13.0 Å². The van der Waals surface area contributed by atoms with Crippen LogP contribution in [0.3, 0.4) is 0 Å². The van der Waals surface area contributed by atoms with Crippen LogP contribution in [0.4, 0.5) is 0 Å². The number of hydrogen-bond acceptors (Lipinski definition) is 0. The molecule has 0 aromatic heterocycles. The van der Waals surface area contributed by atoms with Gasteiger partial charge in [-0.15, -0.1) is 0 Å². The minimum atomic E-state index is -1.75. The Kier molecular flexibility index (Phi) is 7.84. The van der Waals surface area contributed by atoms with Crippen molar-refractivity contribution in [1.82, 2.24) is 0 Å². The van der Waals surface area contributed by atoms with Gasteiger partial charge in [0.25, 0.3) is 0 Å². The molecule has 1 aromatic carbocycles. The summed E-state index contributed by atoms with van der Waals surface area (Å²) in [6, 6.07) is 10.3. The van der Waals surface area contributed by atoms with E-state index in [4.69, 9.17) is 29.1 Å². The summed E-state index contributed by atoms with van der Waals surface area (Å²) in [7, 11) is 14.8. The van der Waals surface area contributed by atoms with E-state index >= 15 is 0 Å². The number of rotatable bonds is 0. The van der Waals surface area contributed by atoms with Crippen molar-refractivity contribution in [3.63, 3.8) is 0 Å². The van der Waals surface area contributed by atoms with Crippen molar-refractivity contribution in [2.24, 2.45) is 0 Å². The zero-order valence-corrected chi connectivity index (χ0v) is 9.88. The third-order valence-corrected chi connectivity index (χ3v) is 0.940. The summed E-state index contributed by atoms with van der Waals surface area (Å²) in [5.41, 5.74) is 1.32. The Morgan fingerprint density at radius 2 is 1.36 bits per heavy atom. The Morgan fingerprint density at radius 3 is 1.55 bits per heavy atom. The van der Waals surface area contributed by atoms with Crippen molar-refractivity contribution in [3.8, 4) is 0 Å². The minimum absolute atomic E-state index is 1.32. The van der Waals surface area contributed by atoms with Crippen molar-refractivity contribution in [2.45, 2.75) is 6.92 Å². The maximum atomic E-state index is 4.95. The van der Waals surface area contributed by atoms with Crippen LogP contribution in [0.25, 0.3) is 0 Å². The number of aryl methyl sites for hydroxylation is 1. The van der Waals surface area contributed by atoms with Crippen LogP contribution >= 0.6 is 29.1 Å². The van der Waals surface area contributed by atoms with Crippen LogP contribution in [-0.2, 0) is 13.0 Å². The van der Waals surface area contributed by atoms with E-state index in [2.05, 4.69) is 19.1 Å². The molecule has 65 valence electrons. The molecule has 4 heteroatoms. The fourth-order valence-electron chi connectivity index (χ4n) is 0.534. The first-order chi connectivity index (χ1) is 5.13. The van der Waals surface area contributed by atoms with E-state index in [0.29, 0.717) is 0 Å². The number of hydrogen-bond donors (Lipinski definition) is 0. The fraction of sp³-hybridized carbons (Fsp3) is 0.143. The molecule has 0 aliphatic carbocycles. The zero-order chi connectivity index (χ0) is 8.69. The van der Waals surface area contributed by atoms with E-state index < -0.39 is 13.0 Å². The van der Waals surface area contributed by atoms with Crippen LogP contribution in [0.5, 0.6) is 0 Å². The summed E-state index contributed by atoms with van der Waals surface area (Å²) in [5, 5.41) is 0. The van der Waals surface area contributed by atoms with Crippen molar-refractivity contribution >= 4 is 29.1 Å². The summed E-state index contributed by atoms with van der Waals surface area (Å²) in [6.45, 7) is 2.08. The van der Waals surface area contributed by atoms with Crippen molar-refractivity contribution in [2.75, 3.05) is 0 Å². The average Bonchev–Trinajstić information content (AvgIpc) is 1.87. The normalized spacial score (nSPS) is 9.64. The average molecular weight is 300 g/mol. The second-order valence-electron chi connectivity index (χ2n) is 1.81. The molecule has 0 bridgehead atoms. The Balaban J connectivity index is 0.000000218. The fourth-order valence-corrected chi connectivity index (χ4v) is 0.534. The van der Waals surface area contributed by atoms with Gasteiger partial charge in [-0.3, -0.25) is 0 Å². The molecule has 1 rings (SSSR count). The zero-order valence-electron chi connectivity index (χ0n) is 5.87. The van der Waals surface area contributed by atoms with Gasteiger partial charge in [-0.05, 0) is 6.92 Å². The predicted molar refractivity (Wildman–Crippen MR) is 48.7 cm³/mol. The van der Waals surface area contributed by atoms with Gasteiger partial charge >= 0.3 is 42.1 Å². The van der Waals surface area contributed by atoms with Gasteiger partial charge in [0.05, 0.1) is 0 Å². The van der Waals surface area contributed by atoms with Crippen molar-refractivity contribution in [3.05, 3.63) is 35.9 Å². The van der Waals surface area contributed by atoms with E-state index in [0.717, 1.165) is 0 Å². The molecular weight excluding hydrogens is 292 g/mol. The molecule has 1 aromatic rings. The van der Waals surface area contributed by atoms with Crippen LogP contribution in [0.2, 0.25) is 0 Å². The van der Waals surface area contributed by atoms with Gasteiger partial charge in [-0.2, -0.15) is 0 Å². The van der Waals surface area contributed by atoms with Gasteiger partial charge in [0.2, 0.25) is 0 Å². The van der Waals surface area contributed by atoms with E-state index in [-0.39, 0.29) is 0 Å². The summed E-state index contributed by atoms with van der Waals surface area (Å²) in [5.74, 6) is 0. The van der Waals surface area contributed by atoms with E-state index in [1.54, 1.807) is 0 Å².